The van der Waals surface area contributed by atoms with Gasteiger partial charge in [0, 0.05) is 0 Å². The average Bonchev–Trinajstić information content (AvgIpc) is 1.98. The predicted molar refractivity (Wildman–Crippen MR) is 49.5 cm³/mol. The van der Waals surface area contributed by atoms with Gasteiger partial charge < -0.3 is 0 Å². The first-order valence-corrected chi connectivity index (χ1v) is 4.87. The van der Waals surface area contributed by atoms with Crippen LogP contribution in [-0.4, -0.2) is 8.18 Å². The van der Waals surface area contributed by atoms with Crippen molar-refractivity contribution in [1.82, 2.24) is 13.6 Å². The molecule has 7 heteroatoms. The molecule has 0 spiro atoms. The third-order valence-electron chi connectivity index (χ3n) is 0.688. The van der Waals surface area contributed by atoms with E-state index in [9.17, 15) is 0 Å². The molecule has 0 saturated heterocycles. The standard InChI is InChI=1S/C2HBr4N3/c3-1-2(4)8(5)9(6)7-1/h7H. The Hall–Kier alpha value is 1.22. The molecule has 0 unspecified atom stereocenters. The smallest absolute Gasteiger partial charge is 0.142 e. The maximum Gasteiger partial charge on any atom is 0.142 e. The van der Waals surface area contributed by atoms with Crippen molar-refractivity contribution in [1.29, 1.82) is 0 Å². The van der Waals surface area contributed by atoms with Crippen molar-refractivity contribution in [2.45, 2.75) is 0 Å². The van der Waals surface area contributed by atoms with Gasteiger partial charge in [-0.15, -0.1) is 0 Å². The van der Waals surface area contributed by atoms with Crippen LogP contribution in [0.1, 0.15) is 0 Å². The van der Waals surface area contributed by atoms with E-state index in [2.05, 4.69) is 69.6 Å². The van der Waals surface area contributed by atoms with Crippen LogP contribution in [0.4, 0.5) is 0 Å². The van der Waals surface area contributed by atoms with Gasteiger partial charge in [-0.1, -0.05) is 4.14 Å². The number of rotatable bonds is 0. The molecule has 0 bridgehead atoms. The normalized spacial score (nSPS) is 21.1. The van der Waals surface area contributed by atoms with Gasteiger partial charge in [0.25, 0.3) is 0 Å². The highest BCUT2D eigenvalue weighted by molar-refractivity contribution is 9.15. The number of halogens is 4. The Labute approximate surface area is 86.3 Å². The second-order valence-electron chi connectivity index (χ2n) is 1.24. The van der Waals surface area contributed by atoms with Crippen LogP contribution in [-0.2, 0) is 0 Å². The molecule has 0 aromatic carbocycles. The molecule has 0 fully saturated rings. The first-order valence-electron chi connectivity index (χ1n) is 1.86. The van der Waals surface area contributed by atoms with E-state index < -0.39 is 0 Å². The molecule has 1 aliphatic heterocycles. The topological polar surface area (TPSA) is 18.5 Å². The summed E-state index contributed by atoms with van der Waals surface area (Å²) < 4.78 is 4.98. The van der Waals surface area contributed by atoms with Gasteiger partial charge in [-0.05, 0) is 31.9 Å². The molecule has 52 valence electrons. The first-order chi connectivity index (χ1) is 4.13. The summed E-state index contributed by atoms with van der Waals surface area (Å²) in [6.45, 7) is 0. The molecule has 9 heavy (non-hydrogen) atoms. The Morgan fingerprint density at radius 1 is 1.22 bits per heavy atom. The first kappa shape index (κ1) is 8.32. The Kier molecular flexibility index (Phi) is 2.85. The molecule has 0 aromatic rings. The van der Waals surface area contributed by atoms with Crippen molar-refractivity contribution in [2.24, 2.45) is 0 Å². The van der Waals surface area contributed by atoms with Crippen LogP contribution in [0.25, 0.3) is 0 Å². The molecule has 0 saturated carbocycles. The molecule has 3 nitrogen and oxygen atoms in total. The second-order valence-corrected chi connectivity index (χ2v) is 4.12. The maximum atomic E-state index is 3.29. The number of nitrogens with one attached hydrogen (secondary N) is 1. The molecule has 1 rings (SSSR count). The van der Waals surface area contributed by atoms with E-state index in [0.717, 1.165) is 9.21 Å². The van der Waals surface area contributed by atoms with Crippen LogP contribution >= 0.6 is 64.2 Å². The van der Waals surface area contributed by atoms with Crippen molar-refractivity contribution in [3.8, 4) is 0 Å². The van der Waals surface area contributed by atoms with Gasteiger partial charge in [-0.3, -0.25) is 5.43 Å². The Morgan fingerprint density at radius 3 is 1.89 bits per heavy atom. The van der Waals surface area contributed by atoms with Gasteiger partial charge in [0.1, 0.15) is 9.21 Å². The summed E-state index contributed by atoms with van der Waals surface area (Å²) in [4.78, 5) is 0. The lowest BCUT2D eigenvalue weighted by Crippen LogP contribution is -2.26. The minimum atomic E-state index is 0.858. The second kappa shape index (κ2) is 3.08. The van der Waals surface area contributed by atoms with E-state index in [1.54, 1.807) is 8.18 Å². The molecular weight excluding hydrogens is 386 g/mol. The predicted octanol–water partition coefficient (Wildman–Crippen LogP) is 2.56. The van der Waals surface area contributed by atoms with Crippen molar-refractivity contribution < 1.29 is 0 Å². The minimum absolute atomic E-state index is 0.858. The number of hydrazine groups is 2. The summed E-state index contributed by atoms with van der Waals surface area (Å²) >= 11 is 13.0. The molecule has 0 aromatic heterocycles. The van der Waals surface area contributed by atoms with Crippen LogP contribution in [0.5, 0.6) is 0 Å². The molecule has 1 aliphatic rings. The fourth-order valence-electron chi connectivity index (χ4n) is 0.329. The highest BCUT2D eigenvalue weighted by Gasteiger charge is 2.22. The zero-order chi connectivity index (χ0) is 7.02. The summed E-state index contributed by atoms with van der Waals surface area (Å²) in [6, 6.07) is 0. The molecule has 0 aliphatic carbocycles. The molecule has 1 N–H and O–H groups in total. The third kappa shape index (κ3) is 1.62. The molecule has 1 heterocycles. The Balaban J connectivity index is 2.74. The average molecular weight is 387 g/mol. The van der Waals surface area contributed by atoms with Crippen molar-refractivity contribution in [3.63, 3.8) is 0 Å². The van der Waals surface area contributed by atoms with E-state index in [1.165, 1.54) is 0 Å². The van der Waals surface area contributed by atoms with E-state index >= 15 is 0 Å². The summed E-state index contributed by atoms with van der Waals surface area (Å²) in [5, 5.41) is 0. The largest absolute Gasteiger partial charge is 0.281 e. The Bertz CT molecular complexity index is 156. The minimum Gasteiger partial charge on any atom is -0.281 e. The summed E-state index contributed by atoms with van der Waals surface area (Å²) in [5.74, 6) is 0. The van der Waals surface area contributed by atoms with Gasteiger partial charge in [0.2, 0.25) is 0 Å². The van der Waals surface area contributed by atoms with Crippen LogP contribution in [0.15, 0.2) is 9.21 Å². The van der Waals surface area contributed by atoms with Gasteiger partial charge in [0.15, 0.2) is 0 Å². The monoisotopic (exact) mass is 383 g/mol. The van der Waals surface area contributed by atoms with E-state index in [-0.39, 0.29) is 0 Å². The lowest BCUT2D eigenvalue weighted by molar-refractivity contribution is 0.271. The van der Waals surface area contributed by atoms with Crippen LogP contribution < -0.4 is 5.43 Å². The van der Waals surface area contributed by atoms with Gasteiger partial charge >= 0.3 is 0 Å². The highest BCUT2D eigenvalue weighted by Crippen LogP contribution is 2.31. The van der Waals surface area contributed by atoms with Crippen LogP contribution in [0.3, 0.4) is 0 Å². The summed E-state index contributed by atoms with van der Waals surface area (Å²) in [6.07, 6.45) is 0. The number of hydrogen-bond donors (Lipinski definition) is 1. The van der Waals surface area contributed by atoms with E-state index in [4.69, 9.17) is 0 Å². The van der Waals surface area contributed by atoms with E-state index in [1.807, 2.05) is 0 Å². The Morgan fingerprint density at radius 2 is 1.78 bits per heavy atom. The molecular formula is C2HBr4N3. The molecule has 0 radical (unpaired) electrons. The van der Waals surface area contributed by atoms with Crippen molar-refractivity contribution in [3.05, 3.63) is 9.21 Å². The molecule has 0 atom stereocenters. The van der Waals surface area contributed by atoms with Crippen LogP contribution in [0, 0.1) is 0 Å². The lowest BCUT2D eigenvalue weighted by atomic mass is 11.0. The molecule has 0 amide bonds. The zero-order valence-corrected chi connectivity index (χ0v) is 10.3. The summed E-state index contributed by atoms with van der Waals surface area (Å²) in [5.41, 5.74) is 2.89. The number of hydrogen-bond acceptors (Lipinski definition) is 3. The van der Waals surface area contributed by atoms with Crippen LogP contribution in [0.2, 0.25) is 0 Å². The quantitative estimate of drug-likeness (QED) is 0.510. The fraction of sp³-hybridized carbons (Fsp3) is 0. The van der Waals surface area contributed by atoms with Crippen molar-refractivity contribution in [2.75, 3.05) is 0 Å². The zero-order valence-electron chi connectivity index (χ0n) is 3.91. The lowest BCUT2D eigenvalue weighted by Gasteiger charge is -2.14. The van der Waals surface area contributed by atoms with Crippen molar-refractivity contribution >= 4 is 64.2 Å². The third-order valence-corrected chi connectivity index (χ3v) is 4.57. The van der Waals surface area contributed by atoms with E-state index in [0.29, 0.717) is 0 Å². The van der Waals surface area contributed by atoms with Gasteiger partial charge in [-0.25, -0.2) is 4.03 Å². The van der Waals surface area contributed by atoms with Gasteiger partial charge in [0.05, 0.1) is 32.3 Å². The highest BCUT2D eigenvalue weighted by atomic mass is 79.9. The number of nitrogens with zero attached hydrogens (tertiary/aromatic N) is 2. The fourth-order valence-corrected chi connectivity index (χ4v) is 2.19. The van der Waals surface area contributed by atoms with Gasteiger partial charge in [-0.2, -0.15) is 0 Å². The summed E-state index contributed by atoms with van der Waals surface area (Å²) in [7, 11) is 0. The maximum absolute atomic E-state index is 3.29. The SMILES string of the molecule is BrC1=C(Br)N(Br)N(Br)N1.